The zero-order valence-electron chi connectivity index (χ0n) is 15.1. The van der Waals surface area contributed by atoms with Crippen LogP contribution < -0.4 is 9.46 Å². The summed E-state index contributed by atoms with van der Waals surface area (Å²) in [5, 5.41) is 0. The summed E-state index contributed by atoms with van der Waals surface area (Å²) in [7, 11) is -3.94. The van der Waals surface area contributed by atoms with Crippen LogP contribution >= 0.6 is 0 Å². The predicted octanol–water partition coefficient (Wildman–Crippen LogP) is 2.36. The summed E-state index contributed by atoms with van der Waals surface area (Å²) in [6.45, 7) is 2.48. The van der Waals surface area contributed by atoms with Gasteiger partial charge in [0.1, 0.15) is 5.75 Å². The third kappa shape index (κ3) is 4.42. The maximum absolute atomic E-state index is 12.7. The van der Waals surface area contributed by atoms with Crippen LogP contribution in [0.2, 0.25) is 0 Å². The van der Waals surface area contributed by atoms with Crippen molar-refractivity contribution >= 4 is 27.6 Å². The largest absolute Gasteiger partial charge is 0.494 e. The van der Waals surface area contributed by atoms with Crippen molar-refractivity contribution in [2.75, 3.05) is 17.9 Å². The second-order valence-corrected chi connectivity index (χ2v) is 7.59. The Hall–Kier alpha value is -3.07. The molecule has 0 aromatic heterocycles. The molecule has 1 aliphatic rings. The third-order valence-electron chi connectivity index (χ3n) is 3.97. The van der Waals surface area contributed by atoms with Gasteiger partial charge in [-0.2, -0.15) is 0 Å². The third-order valence-corrected chi connectivity index (χ3v) is 5.35. The summed E-state index contributed by atoms with van der Waals surface area (Å²) in [6, 6.07) is 11.9. The van der Waals surface area contributed by atoms with E-state index in [0.717, 1.165) is 0 Å². The maximum atomic E-state index is 12.7. The van der Waals surface area contributed by atoms with E-state index in [1.54, 1.807) is 24.3 Å². The fraction of sp³-hybridized carbons (Fsp3) is 0.263. The first kappa shape index (κ1) is 19.7. The average Bonchev–Trinajstić information content (AvgIpc) is 3.07. The molecule has 1 aliphatic heterocycles. The molecular formula is C19H19NO7S. The highest BCUT2D eigenvalue weighted by Gasteiger charge is 2.31. The molecule has 0 aliphatic carbocycles. The van der Waals surface area contributed by atoms with Gasteiger partial charge < -0.3 is 14.2 Å². The highest BCUT2D eigenvalue weighted by molar-refractivity contribution is 7.92. The van der Waals surface area contributed by atoms with E-state index in [0.29, 0.717) is 12.4 Å². The highest BCUT2D eigenvalue weighted by atomic mass is 32.2. The van der Waals surface area contributed by atoms with Gasteiger partial charge in [0.05, 0.1) is 29.4 Å². The van der Waals surface area contributed by atoms with Crippen LogP contribution in [0.1, 0.15) is 23.7 Å². The van der Waals surface area contributed by atoms with Crippen LogP contribution in [0.5, 0.6) is 5.75 Å². The molecule has 1 fully saturated rings. The Morgan fingerprint density at radius 3 is 2.54 bits per heavy atom. The summed E-state index contributed by atoms with van der Waals surface area (Å²) in [6.07, 6.45) is -0.715. The molecule has 1 saturated heterocycles. The summed E-state index contributed by atoms with van der Waals surface area (Å²) in [4.78, 5) is 23.9. The van der Waals surface area contributed by atoms with Gasteiger partial charge in [-0.1, -0.05) is 12.1 Å². The Morgan fingerprint density at radius 2 is 1.89 bits per heavy atom. The molecule has 9 heteroatoms. The molecule has 0 amide bonds. The van der Waals surface area contributed by atoms with E-state index in [1.807, 2.05) is 6.92 Å². The average molecular weight is 405 g/mol. The highest BCUT2D eigenvalue weighted by Crippen LogP contribution is 2.23. The van der Waals surface area contributed by atoms with Crippen molar-refractivity contribution in [3.05, 3.63) is 54.1 Å². The number of ether oxygens (including phenoxy) is 3. The maximum Gasteiger partial charge on any atom is 0.347 e. The summed E-state index contributed by atoms with van der Waals surface area (Å²) < 4.78 is 42.9. The van der Waals surface area contributed by atoms with Crippen LogP contribution in [0, 0.1) is 0 Å². The first-order valence-electron chi connectivity index (χ1n) is 8.63. The minimum Gasteiger partial charge on any atom is -0.494 e. The Bertz CT molecular complexity index is 970. The zero-order valence-corrected chi connectivity index (χ0v) is 15.9. The number of nitrogens with one attached hydrogen (secondary N) is 1. The molecular weight excluding hydrogens is 386 g/mol. The first-order chi connectivity index (χ1) is 13.4. The molecule has 0 spiro atoms. The van der Waals surface area contributed by atoms with Gasteiger partial charge in [0.15, 0.2) is 0 Å². The number of carbonyl (C=O) groups excluding carboxylic acids is 2. The molecule has 0 bridgehead atoms. The van der Waals surface area contributed by atoms with Crippen LogP contribution in [0.3, 0.4) is 0 Å². The molecule has 1 N–H and O–H groups in total. The van der Waals surface area contributed by atoms with E-state index in [9.17, 15) is 18.0 Å². The predicted molar refractivity (Wildman–Crippen MR) is 99.6 cm³/mol. The quantitative estimate of drug-likeness (QED) is 0.705. The van der Waals surface area contributed by atoms with Gasteiger partial charge in [-0.05, 0) is 43.3 Å². The normalized spacial score (nSPS) is 16.3. The van der Waals surface area contributed by atoms with E-state index in [4.69, 9.17) is 14.2 Å². The molecule has 0 unspecified atom stereocenters. The standard InChI is InChI=1S/C19H19NO7S/c1-2-25-13-7-9-14(10-8-13)28(23,24)20-16-6-4-3-5-15(16)18(21)27-17-11-12-26-19(17)22/h3-10,17,20H,2,11-12H2,1H3/t17-/m1/s1. The van der Waals surface area contributed by atoms with Gasteiger partial charge in [0.2, 0.25) is 6.10 Å². The van der Waals surface area contributed by atoms with E-state index < -0.39 is 28.1 Å². The number of hydrogen-bond acceptors (Lipinski definition) is 7. The molecule has 8 nitrogen and oxygen atoms in total. The number of sulfonamides is 1. The molecule has 28 heavy (non-hydrogen) atoms. The van der Waals surface area contributed by atoms with E-state index in [-0.39, 0.29) is 29.2 Å². The van der Waals surface area contributed by atoms with Gasteiger partial charge in [-0.3, -0.25) is 4.72 Å². The van der Waals surface area contributed by atoms with Crippen LogP contribution in [-0.2, 0) is 24.3 Å². The molecule has 2 aromatic rings. The van der Waals surface area contributed by atoms with Gasteiger partial charge in [0, 0.05) is 6.42 Å². The van der Waals surface area contributed by atoms with Crippen LogP contribution in [-0.4, -0.2) is 39.7 Å². The van der Waals surface area contributed by atoms with Gasteiger partial charge in [-0.25, -0.2) is 18.0 Å². The summed E-state index contributed by atoms with van der Waals surface area (Å²) in [5.74, 6) is -0.872. The fourth-order valence-electron chi connectivity index (χ4n) is 2.61. The van der Waals surface area contributed by atoms with Crippen LogP contribution in [0.4, 0.5) is 5.69 Å². The number of hydrogen-bond donors (Lipinski definition) is 1. The number of cyclic esters (lactones) is 1. The van der Waals surface area contributed by atoms with Crippen molar-refractivity contribution in [2.45, 2.75) is 24.3 Å². The van der Waals surface area contributed by atoms with E-state index in [2.05, 4.69) is 4.72 Å². The summed E-state index contributed by atoms with van der Waals surface area (Å²) in [5.41, 5.74) is 0.0458. The van der Waals surface area contributed by atoms with Gasteiger partial charge in [-0.15, -0.1) is 0 Å². The fourth-order valence-corrected chi connectivity index (χ4v) is 3.69. The molecule has 1 atom stereocenters. The number of rotatable bonds is 7. The second kappa shape index (κ2) is 8.30. The van der Waals surface area contributed by atoms with E-state index >= 15 is 0 Å². The molecule has 0 saturated carbocycles. The number of para-hydroxylation sites is 1. The van der Waals surface area contributed by atoms with Crippen molar-refractivity contribution in [3.63, 3.8) is 0 Å². The smallest absolute Gasteiger partial charge is 0.347 e. The monoisotopic (exact) mass is 405 g/mol. The molecule has 3 rings (SSSR count). The lowest BCUT2D eigenvalue weighted by Crippen LogP contribution is -2.24. The minimum absolute atomic E-state index is 0.00304. The zero-order chi connectivity index (χ0) is 20.1. The van der Waals surface area contributed by atoms with Crippen molar-refractivity contribution in [1.29, 1.82) is 0 Å². The molecule has 0 radical (unpaired) electrons. The lowest BCUT2D eigenvalue weighted by molar-refractivity contribution is -0.145. The number of esters is 2. The number of carbonyl (C=O) groups is 2. The van der Waals surface area contributed by atoms with Gasteiger partial charge >= 0.3 is 11.9 Å². The van der Waals surface area contributed by atoms with E-state index in [1.165, 1.54) is 24.3 Å². The Balaban J connectivity index is 1.80. The Kier molecular flexibility index (Phi) is 5.84. The summed E-state index contributed by atoms with van der Waals surface area (Å²) >= 11 is 0. The molecule has 148 valence electrons. The van der Waals surface area contributed by atoms with Gasteiger partial charge in [0.25, 0.3) is 10.0 Å². The van der Waals surface area contributed by atoms with Crippen LogP contribution in [0.15, 0.2) is 53.4 Å². The van der Waals surface area contributed by atoms with Crippen molar-refractivity contribution in [3.8, 4) is 5.75 Å². The number of anilines is 1. The van der Waals surface area contributed by atoms with Crippen molar-refractivity contribution in [2.24, 2.45) is 0 Å². The molecule has 2 aromatic carbocycles. The Morgan fingerprint density at radius 1 is 1.18 bits per heavy atom. The van der Waals surface area contributed by atoms with Crippen molar-refractivity contribution in [1.82, 2.24) is 0 Å². The topological polar surface area (TPSA) is 108 Å². The number of benzene rings is 2. The molecule has 1 heterocycles. The van der Waals surface area contributed by atoms with Crippen molar-refractivity contribution < 1.29 is 32.2 Å². The Labute approximate surface area is 162 Å². The SMILES string of the molecule is CCOc1ccc(S(=O)(=O)Nc2ccccc2C(=O)O[C@@H]2CCOC2=O)cc1. The second-order valence-electron chi connectivity index (χ2n) is 5.91. The first-order valence-corrected chi connectivity index (χ1v) is 10.1. The lowest BCUT2D eigenvalue weighted by atomic mass is 10.2. The lowest BCUT2D eigenvalue weighted by Gasteiger charge is -2.14. The minimum atomic E-state index is -3.94. The van der Waals surface area contributed by atoms with Crippen LogP contribution in [0.25, 0.3) is 0 Å².